The van der Waals surface area contributed by atoms with Gasteiger partial charge in [0, 0.05) is 111 Å². The predicted octanol–water partition coefficient (Wildman–Crippen LogP) is 11.6. The first-order chi connectivity index (χ1) is 37.5. The number of carbonyl (C=O) groups excluding carboxylic acids is 6. The number of carbonyl (C=O) groups is 6. The van der Waals surface area contributed by atoms with Crippen LogP contribution in [0.15, 0.2) is 97.1 Å². The molecule has 2 aromatic heterocycles. The van der Waals surface area contributed by atoms with Gasteiger partial charge < -0.3 is 19.3 Å². The van der Waals surface area contributed by atoms with Crippen molar-refractivity contribution in [2.24, 2.45) is 11.8 Å². The van der Waals surface area contributed by atoms with Gasteiger partial charge in [-0.3, -0.25) is 28.8 Å². The number of anilines is 2. The van der Waals surface area contributed by atoms with Gasteiger partial charge in [0.25, 0.3) is 0 Å². The lowest BCUT2D eigenvalue weighted by atomic mass is 9.95. The Bertz CT molecular complexity index is 3060. The van der Waals surface area contributed by atoms with Gasteiger partial charge >= 0.3 is 0 Å². The highest BCUT2D eigenvalue weighted by Gasteiger charge is 2.32. The van der Waals surface area contributed by atoms with E-state index in [0.717, 1.165) is 67.5 Å². The number of aromatic nitrogens is 6. The molecule has 0 saturated carbocycles. The van der Waals surface area contributed by atoms with Gasteiger partial charge in [-0.05, 0) is 63.8 Å². The minimum atomic E-state index is -0.103. The Morgan fingerprint density at radius 2 is 0.821 bits per heavy atom. The molecule has 0 bridgehead atoms. The number of hydrogen-bond donors (Lipinski definition) is 0. The highest BCUT2D eigenvalue weighted by molar-refractivity contribution is 6.02. The molecule has 412 valence electrons. The van der Waals surface area contributed by atoms with Crippen molar-refractivity contribution in [2.45, 2.75) is 145 Å². The lowest BCUT2D eigenvalue weighted by Crippen LogP contribution is -2.32. The lowest BCUT2D eigenvalue weighted by Gasteiger charge is -2.29. The van der Waals surface area contributed by atoms with Crippen molar-refractivity contribution in [3.63, 3.8) is 0 Å². The van der Waals surface area contributed by atoms with E-state index in [-0.39, 0.29) is 84.6 Å². The van der Waals surface area contributed by atoms with E-state index in [9.17, 15) is 28.8 Å². The van der Waals surface area contributed by atoms with Gasteiger partial charge in [-0.1, -0.05) is 123 Å². The van der Waals surface area contributed by atoms with E-state index in [1.54, 1.807) is 9.80 Å². The SMILES string of the molecule is CC(C)C(=O)CCOCCCC(=O)CCC(=O)N1Cc2ccccc2-c2c(nnn2C(C)C)-c2ccccc21.CC(C)C(=O)CCOCCCC(=O)CCC(=O)N1Cc2ccccc2-c2nnn(C(C)C)c2-c2ccccc21. The second-order valence-corrected chi connectivity index (χ2v) is 21.2. The maximum Gasteiger partial charge on any atom is 0.227 e. The maximum atomic E-state index is 13.6. The van der Waals surface area contributed by atoms with E-state index >= 15 is 0 Å². The summed E-state index contributed by atoms with van der Waals surface area (Å²) in [5.41, 5.74) is 10.6. The topological polar surface area (TPSA) is 189 Å². The summed E-state index contributed by atoms with van der Waals surface area (Å²) in [5.74, 6) is 0.256. The van der Waals surface area contributed by atoms with E-state index in [1.165, 1.54) is 0 Å². The highest BCUT2D eigenvalue weighted by Crippen LogP contribution is 2.44. The second-order valence-electron chi connectivity index (χ2n) is 21.2. The van der Waals surface area contributed by atoms with Crippen LogP contribution in [0, 0.1) is 11.8 Å². The quantitative estimate of drug-likeness (QED) is 0.0522. The fourth-order valence-corrected chi connectivity index (χ4v) is 9.61. The summed E-state index contributed by atoms with van der Waals surface area (Å²) in [5, 5.41) is 18.0. The molecular weight excluding hydrogens is 985 g/mol. The minimum Gasteiger partial charge on any atom is -0.381 e. The van der Waals surface area contributed by atoms with Gasteiger partial charge in [0.1, 0.15) is 34.5 Å². The summed E-state index contributed by atoms with van der Waals surface area (Å²) in [4.78, 5) is 79.2. The van der Waals surface area contributed by atoms with Crippen molar-refractivity contribution in [2.75, 3.05) is 36.2 Å². The summed E-state index contributed by atoms with van der Waals surface area (Å²) >= 11 is 0. The van der Waals surface area contributed by atoms with Crippen LogP contribution < -0.4 is 9.80 Å². The third kappa shape index (κ3) is 14.6. The van der Waals surface area contributed by atoms with Crippen molar-refractivity contribution in [1.82, 2.24) is 30.0 Å². The molecule has 2 amide bonds. The first-order valence-electron chi connectivity index (χ1n) is 27.7. The smallest absolute Gasteiger partial charge is 0.227 e. The van der Waals surface area contributed by atoms with Gasteiger partial charge in [-0.15, -0.1) is 10.2 Å². The van der Waals surface area contributed by atoms with Gasteiger partial charge in [-0.25, -0.2) is 9.36 Å². The molecule has 2 aliphatic heterocycles. The van der Waals surface area contributed by atoms with Crippen LogP contribution in [-0.2, 0) is 51.3 Å². The van der Waals surface area contributed by atoms with E-state index in [0.29, 0.717) is 78.0 Å². The van der Waals surface area contributed by atoms with Gasteiger partial charge in [-0.2, -0.15) is 0 Å². The number of Topliss-reactive ketones (excluding diaryl/α,β-unsaturated/α-hetero) is 4. The predicted molar refractivity (Wildman–Crippen MR) is 302 cm³/mol. The normalized spacial score (nSPS) is 12.5. The second kappa shape index (κ2) is 27.8. The molecule has 2 aliphatic rings. The number of para-hydroxylation sites is 2. The molecule has 4 heterocycles. The van der Waals surface area contributed by atoms with E-state index in [2.05, 4.69) is 54.4 Å². The number of amides is 2. The molecule has 0 unspecified atom stereocenters. The highest BCUT2D eigenvalue weighted by atomic mass is 16.5. The number of nitrogens with zero attached hydrogens (tertiary/aromatic N) is 8. The Balaban J connectivity index is 0.000000226. The van der Waals surface area contributed by atoms with Crippen LogP contribution in [0.2, 0.25) is 0 Å². The largest absolute Gasteiger partial charge is 0.381 e. The van der Waals surface area contributed by atoms with E-state index < -0.39 is 0 Å². The van der Waals surface area contributed by atoms with Crippen molar-refractivity contribution in [1.29, 1.82) is 0 Å². The van der Waals surface area contributed by atoms with Gasteiger partial charge in [0.05, 0.1) is 49.1 Å². The molecule has 0 saturated heterocycles. The summed E-state index contributed by atoms with van der Waals surface area (Å²) < 4.78 is 14.9. The Hall–Kier alpha value is -7.30. The number of benzene rings is 4. The zero-order chi connectivity index (χ0) is 55.9. The molecule has 0 radical (unpaired) electrons. The summed E-state index contributed by atoms with van der Waals surface area (Å²) in [7, 11) is 0. The average molecular weight is 1060 g/mol. The molecular formula is C62H76N8O8. The fourth-order valence-electron chi connectivity index (χ4n) is 9.61. The monoisotopic (exact) mass is 1060 g/mol. The first kappa shape index (κ1) is 58.4. The third-order valence-corrected chi connectivity index (χ3v) is 14.1. The molecule has 0 atom stereocenters. The molecule has 4 aromatic carbocycles. The minimum absolute atomic E-state index is 0.0119. The van der Waals surface area contributed by atoms with E-state index in [1.807, 2.05) is 128 Å². The molecule has 16 heteroatoms. The van der Waals surface area contributed by atoms with Gasteiger partial charge in [0.15, 0.2) is 0 Å². The van der Waals surface area contributed by atoms with Gasteiger partial charge in [0.2, 0.25) is 11.8 Å². The fraction of sp³-hybridized carbons (Fsp3) is 0.452. The first-order valence-corrected chi connectivity index (χ1v) is 27.7. The van der Waals surface area contributed by atoms with Crippen LogP contribution in [0.25, 0.3) is 45.0 Å². The molecule has 16 nitrogen and oxygen atoms in total. The van der Waals surface area contributed by atoms with Crippen molar-refractivity contribution in [3.8, 4) is 45.0 Å². The average Bonchev–Trinajstić information content (AvgIpc) is 4.11. The number of ketones is 4. The number of fused-ring (bicyclic) bond motifs is 10. The van der Waals surface area contributed by atoms with Crippen molar-refractivity contribution < 1.29 is 38.2 Å². The molecule has 0 fully saturated rings. The van der Waals surface area contributed by atoms with Crippen LogP contribution >= 0.6 is 0 Å². The van der Waals surface area contributed by atoms with E-state index in [4.69, 9.17) is 9.47 Å². The molecule has 78 heavy (non-hydrogen) atoms. The lowest BCUT2D eigenvalue weighted by molar-refractivity contribution is -0.124. The number of hydrogen-bond acceptors (Lipinski definition) is 12. The zero-order valence-corrected chi connectivity index (χ0v) is 46.7. The molecule has 0 aliphatic carbocycles. The van der Waals surface area contributed by atoms with Crippen LogP contribution in [0.4, 0.5) is 11.4 Å². The van der Waals surface area contributed by atoms with Crippen LogP contribution in [0.1, 0.15) is 143 Å². The third-order valence-electron chi connectivity index (χ3n) is 14.1. The molecule has 8 rings (SSSR count). The Labute approximate surface area is 458 Å². The van der Waals surface area contributed by atoms with Crippen molar-refractivity contribution >= 4 is 46.3 Å². The number of ether oxygens (including phenoxy) is 2. The summed E-state index contributed by atoms with van der Waals surface area (Å²) in [6, 6.07) is 31.8. The standard InChI is InChI=1S/2C31H38N4O4/c1-21(2)28(37)17-19-39-18-9-11-24(36)15-16-29(38)34-20-23-10-5-6-12-25(23)31-30(32-33-35(31)22(3)4)26-13-7-8-14-27(26)34;1-21(2)28(37)17-19-39-18-9-11-24(36)15-16-29(38)34-20-23-10-5-6-12-25(23)30-31(35(22(3)4)33-32-30)26-13-7-8-14-27(26)34/h2*5-8,10,12-14,21-22H,9,11,15-20H2,1-4H3. The Kier molecular flexibility index (Phi) is 20.8. The van der Waals surface area contributed by atoms with Crippen LogP contribution in [0.5, 0.6) is 0 Å². The zero-order valence-electron chi connectivity index (χ0n) is 46.7. The molecule has 6 aromatic rings. The number of rotatable bonds is 24. The Morgan fingerprint density at radius 3 is 1.29 bits per heavy atom. The van der Waals surface area contributed by atoms with Crippen molar-refractivity contribution in [3.05, 3.63) is 108 Å². The summed E-state index contributed by atoms with van der Waals surface area (Å²) in [6.45, 7) is 18.2. The Morgan fingerprint density at radius 1 is 0.436 bits per heavy atom. The van der Waals surface area contributed by atoms with Crippen LogP contribution in [0.3, 0.4) is 0 Å². The molecule has 0 spiro atoms. The molecule has 0 N–H and O–H groups in total. The maximum absolute atomic E-state index is 13.6. The van der Waals surface area contributed by atoms with Crippen LogP contribution in [-0.4, -0.2) is 91.4 Å². The summed E-state index contributed by atoms with van der Waals surface area (Å²) in [6.07, 6.45) is 3.29.